The van der Waals surface area contributed by atoms with Crippen molar-refractivity contribution in [2.75, 3.05) is 43.4 Å². The number of rotatable bonds is 6. The van der Waals surface area contributed by atoms with Gasteiger partial charge in [-0.3, -0.25) is 4.79 Å². The molecule has 26 heavy (non-hydrogen) atoms. The van der Waals surface area contributed by atoms with Crippen LogP contribution in [0.1, 0.15) is 32.6 Å². The summed E-state index contributed by atoms with van der Waals surface area (Å²) in [5.41, 5.74) is 1.26. The number of hydrogen-bond donors (Lipinski definition) is 3. The van der Waals surface area contributed by atoms with Crippen LogP contribution in [-0.2, 0) is 4.79 Å². The topological polar surface area (TPSA) is 82.7 Å². The van der Waals surface area contributed by atoms with Crippen molar-refractivity contribution in [3.8, 4) is 5.75 Å². The Hall–Kier alpha value is -2.28. The second kappa shape index (κ2) is 8.89. The smallest absolute Gasteiger partial charge is 0.319 e. The summed E-state index contributed by atoms with van der Waals surface area (Å²) in [6.07, 6.45) is 4.71. The molecule has 0 saturated carbocycles. The zero-order valence-corrected chi connectivity index (χ0v) is 15.3. The van der Waals surface area contributed by atoms with Crippen molar-refractivity contribution in [1.82, 2.24) is 10.2 Å². The maximum absolute atomic E-state index is 12.0. The molecule has 7 heteroatoms. The van der Waals surface area contributed by atoms with E-state index in [1.807, 2.05) is 0 Å². The summed E-state index contributed by atoms with van der Waals surface area (Å²) >= 11 is 0. The highest BCUT2D eigenvalue weighted by Crippen LogP contribution is 2.30. The van der Waals surface area contributed by atoms with Crippen LogP contribution in [0.4, 0.5) is 16.2 Å². The minimum absolute atomic E-state index is 0.00154. The lowest BCUT2D eigenvalue weighted by atomic mass is 10.0. The highest BCUT2D eigenvalue weighted by molar-refractivity contribution is 5.96. The Kier molecular flexibility index (Phi) is 6.33. The molecule has 0 aliphatic carbocycles. The summed E-state index contributed by atoms with van der Waals surface area (Å²) in [7, 11) is 0. The van der Waals surface area contributed by atoms with Crippen LogP contribution in [0.5, 0.6) is 5.75 Å². The fourth-order valence-electron chi connectivity index (χ4n) is 3.48. The number of carbonyl (C=O) groups excluding carboxylic acids is 2. The van der Waals surface area contributed by atoms with Gasteiger partial charge in [-0.25, -0.2) is 4.79 Å². The van der Waals surface area contributed by atoms with Crippen LogP contribution >= 0.6 is 0 Å². The monoisotopic (exact) mass is 360 g/mol. The quantitative estimate of drug-likeness (QED) is 0.681. The van der Waals surface area contributed by atoms with E-state index in [1.165, 1.54) is 25.9 Å². The second-order valence-corrected chi connectivity index (χ2v) is 7.18. The predicted molar refractivity (Wildman–Crippen MR) is 102 cm³/mol. The predicted octanol–water partition coefficient (Wildman–Crippen LogP) is 2.65. The number of benzene rings is 1. The minimum Gasteiger partial charge on any atom is -0.482 e. The number of anilines is 2. The fourth-order valence-corrected chi connectivity index (χ4v) is 3.48. The maximum atomic E-state index is 12.0. The molecule has 1 aromatic carbocycles. The van der Waals surface area contributed by atoms with Crippen molar-refractivity contribution in [2.24, 2.45) is 5.92 Å². The van der Waals surface area contributed by atoms with Gasteiger partial charge in [-0.15, -0.1) is 0 Å². The Morgan fingerprint density at radius 1 is 1.38 bits per heavy atom. The molecule has 3 rings (SSSR count). The summed E-state index contributed by atoms with van der Waals surface area (Å²) in [4.78, 5) is 25.8. The normalized spacial score (nSPS) is 19.9. The van der Waals surface area contributed by atoms with Crippen LogP contribution in [0.25, 0.3) is 0 Å². The molecule has 3 N–H and O–H groups in total. The van der Waals surface area contributed by atoms with Gasteiger partial charge in [-0.1, -0.05) is 6.92 Å². The van der Waals surface area contributed by atoms with Gasteiger partial charge in [0.1, 0.15) is 5.75 Å². The summed E-state index contributed by atoms with van der Waals surface area (Å²) in [5, 5.41) is 8.40. The van der Waals surface area contributed by atoms with E-state index in [4.69, 9.17) is 4.74 Å². The fraction of sp³-hybridized carbons (Fsp3) is 0.579. The highest BCUT2D eigenvalue weighted by Gasteiger charge is 2.17. The Bertz CT molecular complexity index is 650. The van der Waals surface area contributed by atoms with Gasteiger partial charge >= 0.3 is 6.03 Å². The van der Waals surface area contributed by atoms with Crippen molar-refractivity contribution in [2.45, 2.75) is 32.6 Å². The molecule has 2 aliphatic rings. The van der Waals surface area contributed by atoms with Gasteiger partial charge < -0.3 is 25.6 Å². The van der Waals surface area contributed by atoms with Gasteiger partial charge in [-0.05, 0) is 56.8 Å². The lowest BCUT2D eigenvalue weighted by Crippen LogP contribution is -2.35. The minimum atomic E-state index is -0.226. The van der Waals surface area contributed by atoms with Crippen molar-refractivity contribution in [3.63, 3.8) is 0 Å². The first-order chi connectivity index (χ1) is 12.6. The number of urea groups is 1. The molecule has 2 heterocycles. The Labute approximate surface area is 154 Å². The molecule has 3 amide bonds. The SMILES string of the molecule is CC1CCCN(CCCCNC(=O)Nc2ccc3c(c2)OCC(=O)N3)C1. The van der Waals surface area contributed by atoms with Gasteiger partial charge in [0.15, 0.2) is 6.61 Å². The molecule has 1 atom stereocenters. The van der Waals surface area contributed by atoms with Gasteiger partial charge in [-0.2, -0.15) is 0 Å². The molecule has 2 aliphatic heterocycles. The molecule has 1 aromatic rings. The van der Waals surface area contributed by atoms with Crippen molar-refractivity contribution < 1.29 is 14.3 Å². The Balaban J connectivity index is 1.33. The molecule has 1 unspecified atom stereocenters. The number of hydrogen-bond acceptors (Lipinski definition) is 4. The first-order valence-corrected chi connectivity index (χ1v) is 9.44. The van der Waals surface area contributed by atoms with E-state index >= 15 is 0 Å². The lowest BCUT2D eigenvalue weighted by Gasteiger charge is -2.30. The van der Waals surface area contributed by atoms with Gasteiger partial charge in [0.25, 0.3) is 5.91 Å². The number of likely N-dealkylation sites (tertiary alicyclic amines) is 1. The van der Waals surface area contributed by atoms with E-state index in [0.29, 0.717) is 23.7 Å². The number of amides is 3. The standard InChI is InChI=1S/C19H28N4O3/c1-14-5-4-10-23(12-14)9-3-2-8-20-19(25)21-15-6-7-16-17(11-15)26-13-18(24)22-16/h6-7,11,14H,2-5,8-10,12-13H2,1H3,(H,22,24)(H2,20,21,25). The van der Waals surface area contributed by atoms with E-state index in [0.717, 1.165) is 25.3 Å². The molecule has 0 spiro atoms. The number of nitrogens with zero attached hydrogens (tertiary/aromatic N) is 1. The second-order valence-electron chi connectivity index (χ2n) is 7.18. The van der Waals surface area contributed by atoms with Crippen molar-refractivity contribution >= 4 is 23.3 Å². The molecule has 0 bridgehead atoms. The summed E-state index contributed by atoms with van der Waals surface area (Å²) in [6, 6.07) is 4.95. The molecule has 1 saturated heterocycles. The number of fused-ring (bicyclic) bond motifs is 1. The third kappa shape index (κ3) is 5.36. The van der Waals surface area contributed by atoms with E-state index in [1.54, 1.807) is 18.2 Å². The molecular formula is C19H28N4O3. The molecule has 142 valence electrons. The molecule has 0 aromatic heterocycles. The number of piperidine rings is 1. The largest absolute Gasteiger partial charge is 0.482 e. The lowest BCUT2D eigenvalue weighted by molar-refractivity contribution is -0.118. The van der Waals surface area contributed by atoms with Gasteiger partial charge in [0, 0.05) is 24.8 Å². The third-order valence-corrected chi connectivity index (χ3v) is 4.80. The summed E-state index contributed by atoms with van der Waals surface area (Å²) in [5.74, 6) is 1.20. The van der Waals surface area contributed by atoms with E-state index in [2.05, 4.69) is 27.8 Å². The van der Waals surface area contributed by atoms with E-state index < -0.39 is 0 Å². The summed E-state index contributed by atoms with van der Waals surface area (Å²) in [6.45, 7) is 6.50. The van der Waals surface area contributed by atoms with E-state index in [9.17, 15) is 9.59 Å². The van der Waals surface area contributed by atoms with Crippen LogP contribution in [0.15, 0.2) is 18.2 Å². The van der Waals surface area contributed by atoms with E-state index in [-0.39, 0.29) is 18.5 Å². The van der Waals surface area contributed by atoms with Crippen LogP contribution in [-0.4, -0.2) is 49.6 Å². The zero-order chi connectivity index (χ0) is 18.4. The average Bonchev–Trinajstić information content (AvgIpc) is 2.61. The Morgan fingerprint density at radius 3 is 3.12 bits per heavy atom. The van der Waals surface area contributed by atoms with Crippen LogP contribution in [0, 0.1) is 5.92 Å². The first-order valence-electron chi connectivity index (χ1n) is 9.44. The Morgan fingerprint density at radius 2 is 2.27 bits per heavy atom. The van der Waals surface area contributed by atoms with Crippen molar-refractivity contribution in [3.05, 3.63) is 18.2 Å². The molecule has 1 fully saturated rings. The molecule has 0 radical (unpaired) electrons. The third-order valence-electron chi connectivity index (χ3n) is 4.80. The maximum Gasteiger partial charge on any atom is 0.319 e. The molecule has 7 nitrogen and oxygen atoms in total. The van der Waals surface area contributed by atoms with Crippen molar-refractivity contribution in [1.29, 1.82) is 0 Å². The zero-order valence-electron chi connectivity index (χ0n) is 15.3. The number of ether oxygens (including phenoxy) is 1. The van der Waals surface area contributed by atoms with Gasteiger partial charge in [0.2, 0.25) is 0 Å². The molecular weight excluding hydrogens is 332 g/mol. The van der Waals surface area contributed by atoms with Crippen LogP contribution < -0.4 is 20.7 Å². The van der Waals surface area contributed by atoms with Crippen LogP contribution in [0.2, 0.25) is 0 Å². The number of unbranched alkanes of at least 4 members (excludes halogenated alkanes) is 1. The highest BCUT2D eigenvalue weighted by atomic mass is 16.5. The first kappa shape index (κ1) is 18.5. The van der Waals surface area contributed by atoms with Gasteiger partial charge in [0.05, 0.1) is 5.69 Å². The average molecular weight is 360 g/mol. The number of carbonyl (C=O) groups is 2. The summed E-state index contributed by atoms with van der Waals surface area (Å²) < 4.78 is 5.35. The van der Waals surface area contributed by atoms with Crippen LogP contribution in [0.3, 0.4) is 0 Å². The number of nitrogens with one attached hydrogen (secondary N) is 3.